The van der Waals surface area contributed by atoms with Gasteiger partial charge in [-0.3, -0.25) is 0 Å². The standard InChI is InChI=1S/C15H20N2O5S/c18-14(19)17-8-6-15(7-9-17)10-12(11-22-15)16-23(20,21)13-4-2-1-3-5-13/h1-5,12,16H,6-11H2,(H,18,19)/t12-/m0/s1. The average molecular weight is 340 g/mol. The van der Waals surface area contributed by atoms with E-state index in [1.807, 2.05) is 0 Å². The Kier molecular flexibility index (Phi) is 4.31. The fourth-order valence-electron chi connectivity index (χ4n) is 3.26. The molecule has 7 nitrogen and oxygen atoms in total. The molecular weight excluding hydrogens is 320 g/mol. The molecule has 0 aliphatic carbocycles. The molecule has 23 heavy (non-hydrogen) atoms. The maximum Gasteiger partial charge on any atom is 0.407 e. The van der Waals surface area contributed by atoms with Crippen molar-refractivity contribution >= 4 is 16.1 Å². The van der Waals surface area contributed by atoms with Gasteiger partial charge in [-0.15, -0.1) is 0 Å². The lowest BCUT2D eigenvalue weighted by Gasteiger charge is -2.37. The molecule has 2 saturated heterocycles. The number of benzene rings is 1. The van der Waals surface area contributed by atoms with E-state index in [1.54, 1.807) is 30.3 Å². The van der Waals surface area contributed by atoms with Gasteiger partial charge in [0.05, 0.1) is 17.1 Å². The molecule has 0 radical (unpaired) electrons. The van der Waals surface area contributed by atoms with Crippen LogP contribution >= 0.6 is 0 Å². The van der Waals surface area contributed by atoms with E-state index >= 15 is 0 Å². The SMILES string of the molecule is O=C(O)N1CCC2(CC1)C[C@H](NS(=O)(=O)c1ccccc1)CO2. The van der Waals surface area contributed by atoms with Crippen LogP contribution in [0.25, 0.3) is 0 Å². The topological polar surface area (TPSA) is 95.9 Å². The molecule has 2 N–H and O–H groups in total. The van der Waals surface area contributed by atoms with E-state index in [0.717, 1.165) is 0 Å². The van der Waals surface area contributed by atoms with Crippen molar-refractivity contribution in [2.45, 2.75) is 35.8 Å². The number of hydrogen-bond acceptors (Lipinski definition) is 4. The number of carboxylic acid groups (broad SMARTS) is 1. The second-order valence-corrected chi connectivity index (χ2v) is 7.81. The molecule has 1 aromatic carbocycles. The second-order valence-electron chi connectivity index (χ2n) is 6.10. The first-order chi connectivity index (χ1) is 10.9. The highest BCUT2D eigenvalue weighted by Gasteiger charge is 2.44. The molecule has 0 aromatic heterocycles. The van der Waals surface area contributed by atoms with E-state index in [-0.39, 0.29) is 10.9 Å². The van der Waals surface area contributed by atoms with E-state index in [4.69, 9.17) is 9.84 Å². The number of sulfonamides is 1. The van der Waals surface area contributed by atoms with E-state index in [0.29, 0.717) is 39.0 Å². The van der Waals surface area contributed by atoms with Crippen LogP contribution in [0.1, 0.15) is 19.3 Å². The second kappa shape index (κ2) is 6.10. The van der Waals surface area contributed by atoms with Gasteiger partial charge in [-0.25, -0.2) is 17.9 Å². The highest BCUT2D eigenvalue weighted by Crippen LogP contribution is 2.36. The van der Waals surface area contributed by atoms with E-state index in [9.17, 15) is 13.2 Å². The predicted octanol–water partition coefficient (Wildman–Crippen LogP) is 1.27. The molecule has 1 spiro atoms. The molecule has 8 heteroatoms. The number of hydrogen-bond donors (Lipinski definition) is 2. The van der Waals surface area contributed by atoms with Crippen LogP contribution in [0, 0.1) is 0 Å². The van der Waals surface area contributed by atoms with Crippen LogP contribution < -0.4 is 4.72 Å². The first-order valence-corrected chi connectivity index (χ1v) is 9.08. The third-order valence-electron chi connectivity index (χ3n) is 4.53. The smallest absolute Gasteiger partial charge is 0.407 e. The van der Waals surface area contributed by atoms with Gasteiger partial charge in [-0.2, -0.15) is 0 Å². The Morgan fingerprint density at radius 2 is 1.91 bits per heavy atom. The summed E-state index contributed by atoms with van der Waals surface area (Å²) in [5.41, 5.74) is -0.407. The molecule has 0 unspecified atom stereocenters. The molecule has 1 atom stereocenters. The van der Waals surface area contributed by atoms with Crippen molar-refractivity contribution in [3.05, 3.63) is 30.3 Å². The molecule has 1 aromatic rings. The van der Waals surface area contributed by atoms with Crippen molar-refractivity contribution in [3.63, 3.8) is 0 Å². The minimum absolute atomic E-state index is 0.238. The summed E-state index contributed by atoms with van der Waals surface area (Å²) < 4.78 is 33.2. The minimum Gasteiger partial charge on any atom is -0.465 e. The lowest BCUT2D eigenvalue weighted by atomic mass is 9.88. The third-order valence-corrected chi connectivity index (χ3v) is 6.07. The molecule has 2 aliphatic heterocycles. The summed E-state index contributed by atoms with van der Waals surface area (Å²) in [5, 5.41) is 8.99. The molecule has 0 bridgehead atoms. The number of amides is 1. The summed E-state index contributed by atoms with van der Waals surface area (Å²) in [7, 11) is -3.56. The highest BCUT2D eigenvalue weighted by molar-refractivity contribution is 7.89. The number of ether oxygens (including phenoxy) is 1. The first-order valence-electron chi connectivity index (χ1n) is 7.59. The maximum atomic E-state index is 12.3. The van der Waals surface area contributed by atoms with Crippen LogP contribution in [0.15, 0.2) is 35.2 Å². The van der Waals surface area contributed by atoms with Gasteiger partial charge in [-0.1, -0.05) is 18.2 Å². The molecule has 2 aliphatic rings. The van der Waals surface area contributed by atoms with E-state index in [2.05, 4.69) is 4.72 Å². The van der Waals surface area contributed by atoms with Crippen LogP contribution in [0.4, 0.5) is 4.79 Å². The highest BCUT2D eigenvalue weighted by atomic mass is 32.2. The van der Waals surface area contributed by atoms with Crippen LogP contribution in [0.3, 0.4) is 0 Å². The van der Waals surface area contributed by atoms with Crippen molar-refractivity contribution in [3.8, 4) is 0 Å². The van der Waals surface area contributed by atoms with Crippen molar-refractivity contribution in [2.24, 2.45) is 0 Å². The Bertz CT molecular complexity index is 668. The van der Waals surface area contributed by atoms with Crippen LogP contribution in [0.5, 0.6) is 0 Å². The van der Waals surface area contributed by atoms with Gasteiger partial charge < -0.3 is 14.7 Å². The molecule has 0 saturated carbocycles. The summed E-state index contributed by atoms with van der Waals surface area (Å²) in [6, 6.07) is 7.96. The van der Waals surface area contributed by atoms with Gasteiger partial charge in [0.2, 0.25) is 10.0 Å². The van der Waals surface area contributed by atoms with Crippen LogP contribution in [-0.4, -0.2) is 55.9 Å². The van der Waals surface area contributed by atoms with Gasteiger partial charge in [0.1, 0.15) is 0 Å². The largest absolute Gasteiger partial charge is 0.465 e. The van der Waals surface area contributed by atoms with Crippen LogP contribution in [-0.2, 0) is 14.8 Å². The molecule has 1 amide bonds. The average Bonchev–Trinajstić information content (AvgIpc) is 2.90. The van der Waals surface area contributed by atoms with Gasteiger partial charge >= 0.3 is 6.09 Å². The summed E-state index contributed by atoms with van der Waals surface area (Å²) >= 11 is 0. The Hall–Kier alpha value is -1.64. The molecule has 2 fully saturated rings. The van der Waals surface area contributed by atoms with E-state index in [1.165, 1.54) is 4.90 Å². The number of likely N-dealkylation sites (tertiary alicyclic amines) is 1. The number of nitrogens with one attached hydrogen (secondary N) is 1. The maximum absolute atomic E-state index is 12.3. The van der Waals surface area contributed by atoms with Crippen molar-refractivity contribution in [1.29, 1.82) is 0 Å². The molecule has 2 heterocycles. The van der Waals surface area contributed by atoms with Crippen molar-refractivity contribution < 1.29 is 23.1 Å². The molecule has 126 valence electrons. The summed E-state index contributed by atoms with van der Waals surface area (Å²) in [5.74, 6) is 0. The molecule has 3 rings (SSSR count). The summed E-state index contributed by atoms with van der Waals surface area (Å²) in [6.07, 6.45) is 0.859. The monoisotopic (exact) mass is 340 g/mol. The summed E-state index contributed by atoms with van der Waals surface area (Å²) in [6.45, 7) is 1.17. The zero-order valence-corrected chi connectivity index (χ0v) is 13.5. The minimum atomic E-state index is -3.56. The molecular formula is C15H20N2O5S. The van der Waals surface area contributed by atoms with Crippen LogP contribution in [0.2, 0.25) is 0 Å². The fraction of sp³-hybridized carbons (Fsp3) is 0.533. The number of piperidine rings is 1. The zero-order chi connectivity index (χ0) is 16.5. The Morgan fingerprint density at radius 1 is 1.26 bits per heavy atom. The number of rotatable bonds is 3. The quantitative estimate of drug-likeness (QED) is 0.864. The van der Waals surface area contributed by atoms with Gasteiger partial charge in [0.25, 0.3) is 0 Å². The number of carbonyl (C=O) groups is 1. The Balaban J connectivity index is 1.62. The van der Waals surface area contributed by atoms with Crippen molar-refractivity contribution in [2.75, 3.05) is 19.7 Å². The normalized spacial score (nSPS) is 24.0. The Morgan fingerprint density at radius 3 is 2.52 bits per heavy atom. The lowest BCUT2D eigenvalue weighted by Crippen LogP contribution is -2.46. The fourth-order valence-corrected chi connectivity index (χ4v) is 4.50. The lowest BCUT2D eigenvalue weighted by molar-refractivity contribution is -0.0394. The van der Waals surface area contributed by atoms with Gasteiger partial charge in [0, 0.05) is 19.1 Å². The summed E-state index contributed by atoms with van der Waals surface area (Å²) in [4.78, 5) is 12.6. The number of nitrogens with zero attached hydrogens (tertiary/aromatic N) is 1. The zero-order valence-electron chi connectivity index (χ0n) is 12.6. The Labute approximate surface area is 135 Å². The van der Waals surface area contributed by atoms with E-state index < -0.39 is 21.7 Å². The first kappa shape index (κ1) is 16.2. The van der Waals surface area contributed by atoms with Crippen molar-refractivity contribution in [1.82, 2.24) is 9.62 Å². The predicted molar refractivity (Wildman–Crippen MR) is 82.7 cm³/mol. The van der Waals surface area contributed by atoms with Gasteiger partial charge in [-0.05, 0) is 31.4 Å². The third kappa shape index (κ3) is 3.49. The van der Waals surface area contributed by atoms with Gasteiger partial charge in [0.15, 0.2) is 0 Å².